The van der Waals surface area contributed by atoms with Crippen molar-refractivity contribution in [3.63, 3.8) is 0 Å². The number of aromatic nitrogens is 1. The standard InChI is InChI=1S/C21H23N5O7/c1-33-21(30)25-9-7-24(8-10-25)17-5-4-14(11-18(17)26(31)32)20(29)23-16(12-19(27)28)15-3-2-6-22-13-15/h2-6,11,13,16H,7-10,12H2,1H3,(H,23,29)(H,27,28). The molecule has 0 bridgehead atoms. The largest absolute Gasteiger partial charge is 0.481 e. The Balaban J connectivity index is 1.79. The van der Waals surface area contributed by atoms with Crippen LogP contribution in [-0.4, -0.2) is 71.2 Å². The molecule has 2 N–H and O–H groups in total. The third-order valence-corrected chi connectivity index (χ3v) is 5.26. The van der Waals surface area contributed by atoms with Crippen LogP contribution in [0.2, 0.25) is 0 Å². The Bertz CT molecular complexity index is 1040. The van der Waals surface area contributed by atoms with Gasteiger partial charge in [0.25, 0.3) is 11.6 Å². The smallest absolute Gasteiger partial charge is 0.409 e. The van der Waals surface area contributed by atoms with Crippen LogP contribution in [0.5, 0.6) is 0 Å². The molecule has 33 heavy (non-hydrogen) atoms. The number of carboxylic acid groups (broad SMARTS) is 1. The molecule has 1 aliphatic rings. The van der Waals surface area contributed by atoms with Crippen LogP contribution in [-0.2, 0) is 9.53 Å². The number of nitro benzene ring substituents is 1. The van der Waals surface area contributed by atoms with E-state index < -0.39 is 28.9 Å². The Morgan fingerprint density at radius 1 is 1.24 bits per heavy atom. The average molecular weight is 457 g/mol. The second-order valence-corrected chi connectivity index (χ2v) is 7.32. The molecule has 12 heteroatoms. The minimum absolute atomic E-state index is 0.0259. The molecular formula is C21H23N5O7. The van der Waals surface area contributed by atoms with Crippen molar-refractivity contribution in [3.8, 4) is 0 Å². The number of pyridine rings is 1. The number of hydrogen-bond acceptors (Lipinski definition) is 8. The summed E-state index contributed by atoms with van der Waals surface area (Å²) in [5.41, 5.74) is 0.599. The molecule has 12 nitrogen and oxygen atoms in total. The predicted molar refractivity (Wildman–Crippen MR) is 116 cm³/mol. The monoisotopic (exact) mass is 457 g/mol. The summed E-state index contributed by atoms with van der Waals surface area (Å²) in [6.45, 7) is 1.41. The van der Waals surface area contributed by atoms with E-state index >= 15 is 0 Å². The van der Waals surface area contributed by atoms with Gasteiger partial charge in [0.1, 0.15) is 5.69 Å². The lowest BCUT2D eigenvalue weighted by Crippen LogP contribution is -2.48. The number of amides is 2. The molecule has 1 atom stereocenters. The van der Waals surface area contributed by atoms with E-state index in [-0.39, 0.29) is 17.7 Å². The molecule has 2 amide bonds. The summed E-state index contributed by atoms with van der Waals surface area (Å²) in [6.07, 6.45) is 2.15. The highest BCUT2D eigenvalue weighted by atomic mass is 16.6. The van der Waals surface area contributed by atoms with Crippen LogP contribution < -0.4 is 10.2 Å². The Hall–Kier alpha value is -4.22. The van der Waals surface area contributed by atoms with Gasteiger partial charge in [0.05, 0.1) is 24.5 Å². The van der Waals surface area contributed by atoms with Crippen molar-refractivity contribution in [1.82, 2.24) is 15.2 Å². The zero-order valence-electron chi connectivity index (χ0n) is 17.8. The second kappa shape index (κ2) is 10.4. The lowest BCUT2D eigenvalue weighted by molar-refractivity contribution is -0.384. The first-order valence-corrected chi connectivity index (χ1v) is 10.1. The van der Waals surface area contributed by atoms with Crippen molar-refractivity contribution in [1.29, 1.82) is 0 Å². The van der Waals surface area contributed by atoms with Crippen molar-refractivity contribution in [2.75, 3.05) is 38.2 Å². The van der Waals surface area contributed by atoms with Gasteiger partial charge in [0.2, 0.25) is 0 Å². The summed E-state index contributed by atoms with van der Waals surface area (Å²) in [7, 11) is 1.29. The van der Waals surface area contributed by atoms with E-state index in [4.69, 9.17) is 4.74 Å². The van der Waals surface area contributed by atoms with Gasteiger partial charge in [-0.1, -0.05) is 6.07 Å². The number of benzene rings is 1. The Labute approximate surface area is 188 Å². The first-order chi connectivity index (χ1) is 15.8. The van der Waals surface area contributed by atoms with E-state index in [1.54, 1.807) is 17.0 Å². The molecule has 1 aromatic carbocycles. The molecule has 1 unspecified atom stereocenters. The molecule has 0 radical (unpaired) electrons. The number of aliphatic carboxylic acids is 1. The molecule has 3 rings (SSSR count). The van der Waals surface area contributed by atoms with E-state index in [2.05, 4.69) is 10.3 Å². The number of anilines is 1. The minimum atomic E-state index is -1.11. The number of carbonyl (C=O) groups is 3. The van der Waals surface area contributed by atoms with Crippen LogP contribution in [0.3, 0.4) is 0 Å². The van der Waals surface area contributed by atoms with Gasteiger partial charge >= 0.3 is 12.1 Å². The number of nitrogens with zero attached hydrogens (tertiary/aromatic N) is 4. The number of carboxylic acids is 1. The second-order valence-electron chi connectivity index (χ2n) is 7.32. The number of carbonyl (C=O) groups excluding carboxylic acids is 2. The number of ether oxygens (including phenoxy) is 1. The lowest BCUT2D eigenvalue weighted by Gasteiger charge is -2.34. The maximum Gasteiger partial charge on any atom is 0.409 e. The van der Waals surface area contributed by atoms with E-state index in [0.717, 1.165) is 0 Å². The molecule has 1 fully saturated rings. The predicted octanol–water partition coefficient (Wildman–Crippen LogP) is 1.82. The molecule has 2 aromatic rings. The van der Waals surface area contributed by atoms with E-state index in [1.165, 1.54) is 42.6 Å². The Morgan fingerprint density at radius 2 is 1.97 bits per heavy atom. The fraction of sp³-hybridized carbons (Fsp3) is 0.333. The molecule has 0 spiro atoms. The fourth-order valence-corrected chi connectivity index (χ4v) is 3.59. The van der Waals surface area contributed by atoms with E-state index in [0.29, 0.717) is 37.4 Å². The minimum Gasteiger partial charge on any atom is -0.481 e. The number of methoxy groups -OCH3 is 1. The number of piperazine rings is 1. The Morgan fingerprint density at radius 3 is 2.55 bits per heavy atom. The van der Waals surface area contributed by atoms with Gasteiger partial charge < -0.3 is 25.0 Å². The summed E-state index contributed by atoms with van der Waals surface area (Å²) >= 11 is 0. The number of nitro groups is 1. The first kappa shape index (κ1) is 23.4. The van der Waals surface area contributed by atoms with Crippen LogP contribution >= 0.6 is 0 Å². The maximum atomic E-state index is 12.8. The lowest BCUT2D eigenvalue weighted by atomic mass is 10.0. The summed E-state index contributed by atoms with van der Waals surface area (Å²) in [4.78, 5) is 54.1. The molecule has 1 aromatic heterocycles. The van der Waals surface area contributed by atoms with Crippen molar-refractivity contribution in [2.45, 2.75) is 12.5 Å². The van der Waals surface area contributed by atoms with E-state index in [9.17, 15) is 29.6 Å². The van der Waals surface area contributed by atoms with Crippen LogP contribution in [0.25, 0.3) is 0 Å². The summed E-state index contributed by atoms with van der Waals surface area (Å²) in [5, 5.41) is 23.5. The highest BCUT2D eigenvalue weighted by Gasteiger charge is 2.28. The maximum absolute atomic E-state index is 12.8. The van der Waals surface area contributed by atoms with Crippen molar-refractivity contribution in [2.24, 2.45) is 0 Å². The first-order valence-electron chi connectivity index (χ1n) is 10.1. The molecule has 0 aliphatic carbocycles. The van der Waals surface area contributed by atoms with Gasteiger partial charge in [0, 0.05) is 50.2 Å². The molecular weight excluding hydrogens is 434 g/mol. The molecule has 0 saturated carbocycles. The highest BCUT2D eigenvalue weighted by molar-refractivity contribution is 5.96. The Kier molecular flexibility index (Phi) is 7.38. The highest BCUT2D eigenvalue weighted by Crippen LogP contribution is 2.30. The summed E-state index contributed by atoms with van der Waals surface area (Å²) < 4.78 is 4.70. The third-order valence-electron chi connectivity index (χ3n) is 5.26. The topological polar surface area (TPSA) is 155 Å². The van der Waals surface area contributed by atoms with Gasteiger partial charge in [-0.3, -0.25) is 24.7 Å². The number of nitrogens with one attached hydrogen (secondary N) is 1. The van der Waals surface area contributed by atoms with Gasteiger partial charge in [-0.05, 0) is 23.8 Å². The van der Waals surface area contributed by atoms with Crippen LogP contribution in [0.1, 0.15) is 28.4 Å². The van der Waals surface area contributed by atoms with Crippen LogP contribution in [0.4, 0.5) is 16.2 Å². The van der Waals surface area contributed by atoms with Crippen molar-refractivity contribution >= 4 is 29.3 Å². The normalized spacial score (nSPS) is 14.3. The van der Waals surface area contributed by atoms with Gasteiger partial charge in [-0.25, -0.2) is 4.79 Å². The fourth-order valence-electron chi connectivity index (χ4n) is 3.59. The van der Waals surface area contributed by atoms with Gasteiger partial charge in [0.15, 0.2) is 0 Å². The van der Waals surface area contributed by atoms with Gasteiger partial charge in [-0.2, -0.15) is 0 Å². The third kappa shape index (κ3) is 5.73. The van der Waals surface area contributed by atoms with Crippen LogP contribution in [0.15, 0.2) is 42.7 Å². The van der Waals surface area contributed by atoms with Crippen molar-refractivity contribution < 1.29 is 29.2 Å². The van der Waals surface area contributed by atoms with Gasteiger partial charge in [-0.15, -0.1) is 0 Å². The quantitative estimate of drug-likeness (QED) is 0.468. The zero-order valence-corrected chi connectivity index (χ0v) is 17.8. The molecule has 174 valence electrons. The molecule has 1 saturated heterocycles. The summed E-state index contributed by atoms with van der Waals surface area (Å²) in [6, 6.07) is 6.51. The van der Waals surface area contributed by atoms with Crippen molar-refractivity contribution in [3.05, 3.63) is 64.0 Å². The molecule has 1 aliphatic heterocycles. The SMILES string of the molecule is COC(=O)N1CCN(c2ccc(C(=O)NC(CC(=O)O)c3cccnc3)cc2[N+](=O)[O-])CC1. The number of hydrogen-bond donors (Lipinski definition) is 2. The zero-order chi connectivity index (χ0) is 24.0. The molecule has 2 heterocycles. The van der Waals surface area contributed by atoms with Crippen LogP contribution in [0, 0.1) is 10.1 Å². The van der Waals surface area contributed by atoms with E-state index in [1.807, 2.05) is 0 Å². The average Bonchev–Trinajstić information content (AvgIpc) is 2.83. The number of rotatable bonds is 7. The summed E-state index contributed by atoms with van der Waals surface area (Å²) in [5.74, 6) is -1.76.